The smallest absolute Gasteiger partial charge is 0.257 e. The van der Waals surface area contributed by atoms with Crippen molar-refractivity contribution in [3.05, 3.63) is 94.8 Å². The molecule has 0 saturated carbocycles. The van der Waals surface area contributed by atoms with Gasteiger partial charge in [-0.05, 0) is 67.8 Å². The number of anilines is 1. The first-order valence-electron chi connectivity index (χ1n) is 9.17. The number of carbonyl (C=O) groups is 1. The van der Waals surface area contributed by atoms with E-state index in [9.17, 15) is 4.79 Å². The van der Waals surface area contributed by atoms with Gasteiger partial charge in [-0.25, -0.2) is 4.99 Å². The first kappa shape index (κ1) is 19.3. The van der Waals surface area contributed by atoms with Crippen LogP contribution in [0, 0.1) is 20.8 Å². The Morgan fingerprint density at radius 3 is 2.57 bits per heavy atom. The highest BCUT2D eigenvalue weighted by molar-refractivity contribution is 6.10. The molecule has 0 atom stereocenters. The Kier molecular flexibility index (Phi) is 6.17. The van der Waals surface area contributed by atoms with Crippen LogP contribution in [0.4, 0.5) is 5.69 Å². The molecule has 3 aromatic rings. The Hall–Kier alpha value is -3.47. The minimum Gasteiger partial charge on any atom is -0.326 e. The van der Waals surface area contributed by atoms with Gasteiger partial charge in [0.25, 0.3) is 5.91 Å². The molecule has 0 aliphatic rings. The molecule has 0 radical (unpaired) electrons. The van der Waals surface area contributed by atoms with Crippen LogP contribution in [0.2, 0.25) is 0 Å². The number of amides is 1. The Labute approximate surface area is 165 Å². The lowest BCUT2D eigenvalue weighted by Crippen LogP contribution is -2.36. The second kappa shape index (κ2) is 8.95. The zero-order valence-corrected chi connectivity index (χ0v) is 16.4. The summed E-state index contributed by atoms with van der Waals surface area (Å²) in [6.45, 7) is 6.49. The highest BCUT2D eigenvalue weighted by Crippen LogP contribution is 2.14. The van der Waals surface area contributed by atoms with Gasteiger partial charge in [0.1, 0.15) is 0 Å². The third-order valence-electron chi connectivity index (χ3n) is 4.42. The normalized spacial score (nSPS) is 11.2. The van der Waals surface area contributed by atoms with Crippen LogP contribution in [-0.2, 0) is 6.54 Å². The predicted molar refractivity (Wildman–Crippen MR) is 114 cm³/mol. The van der Waals surface area contributed by atoms with E-state index in [-0.39, 0.29) is 5.91 Å². The van der Waals surface area contributed by atoms with Crippen molar-refractivity contribution in [2.24, 2.45) is 4.99 Å². The van der Waals surface area contributed by atoms with Crippen LogP contribution >= 0.6 is 0 Å². The topological polar surface area (TPSA) is 66.4 Å². The molecule has 28 heavy (non-hydrogen) atoms. The summed E-state index contributed by atoms with van der Waals surface area (Å²) in [5, 5.41) is 6.12. The van der Waals surface area contributed by atoms with Crippen molar-refractivity contribution in [1.29, 1.82) is 0 Å². The zero-order valence-electron chi connectivity index (χ0n) is 16.4. The number of aryl methyl sites for hydroxylation is 3. The third kappa shape index (κ3) is 5.27. The number of guanidine groups is 1. The number of aliphatic imine (C=N–C) groups is 1. The van der Waals surface area contributed by atoms with Crippen molar-refractivity contribution in [2.75, 3.05) is 5.32 Å². The summed E-state index contributed by atoms with van der Waals surface area (Å²) in [6.07, 6.45) is 3.49. The van der Waals surface area contributed by atoms with E-state index in [1.54, 1.807) is 18.5 Å². The van der Waals surface area contributed by atoms with Crippen molar-refractivity contribution < 1.29 is 4.79 Å². The number of pyridine rings is 1. The van der Waals surface area contributed by atoms with E-state index in [0.717, 1.165) is 16.8 Å². The summed E-state index contributed by atoms with van der Waals surface area (Å²) < 4.78 is 0. The van der Waals surface area contributed by atoms with Crippen LogP contribution in [0.1, 0.15) is 32.6 Å². The number of hydrogen-bond acceptors (Lipinski definition) is 3. The quantitative estimate of drug-likeness (QED) is 0.527. The largest absolute Gasteiger partial charge is 0.326 e. The average Bonchev–Trinajstić information content (AvgIpc) is 2.69. The summed E-state index contributed by atoms with van der Waals surface area (Å²) >= 11 is 0. The molecule has 0 aliphatic carbocycles. The maximum Gasteiger partial charge on any atom is 0.257 e. The predicted octanol–water partition coefficient (Wildman–Crippen LogP) is 4.40. The molecule has 1 heterocycles. The van der Waals surface area contributed by atoms with Crippen LogP contribution in [0.3, 0.4) is 0 Å². The first-order chi connectivity index (χ1) is 13.5. The summed E-state index contributed by atoms with van der Waals surface area (Å²) in [6, 6.07) is 17.3. The first-order valence-corrected chi connectivity index (χ1v) is 9.17. The molecule has 142 valence electrons. The standard InChI is InChI=1S/C23H24N4O/c1-16-6-4-8-20(12-16)22(28)27-23(25-15-19-7-5-11-24-14-19)26-21-10-9-17(2)18(3)13-21/h4-14H,15H2,1-3H3,(H2,25,26,27,28). The van der Waals surface area contributed by atoms with Crippen LogP contribution in [0.15, 0.2) is 72.0 Å². The number of nitrogens with zero attached hydrogens (tertiary/aromatic N) is 2. The molecule has 0 fully saturated rings. The van der Waals surface area contributed by atoms with Crippen molar-refractivity contribution in [3.8, 4) is 0 Å². The molecular weight excluding hydrogens is 348 g/mol. The van der Waals surface area contributed by atoms with Gasteiger partial charge >= 0.3 is 0 Å². The van der Waals surface area contributed by atoms with Gasteiger partial charge in [-0.15, -0.1) is 0 Å². The highest BCUT2D eigenvalue weighted by atomic mass is 16.1. The maximum absolute atomic E-state index is 12.7. The highest BCUT2D eigenvalue weighted by Gasteiger charge is 2.10. The fourth-order valence-corrected chi connectivity index (χ4v) is 2.69. The van der Waals surface area contributed by atoms with E-state index in [1.165, 1.54) is 11.1 Å². The molecule has 5 heteroatoms. The van der Waals surface area contributed by atoms with Gasteiger partial charge in [0.15, 0.2) is 0 Å². The van der Waals surface area contributed by atoms with Crippen molar-refractivity contribution in [2.45, 2.75) is 27.3 Å². The Morgan fingerprint density at radius 1 is 1.00 bits per heavy atom. The maximum atomic E-state index is 12.7. The van der Waals surface area contributed by atoms with Gasteiger partial charge in [-0.1, -0.05) is 29.8 Å². The lowest BCUT2D eigenvalue weighted by molar-refractivity contribution is 0.0977. The molecule has 2 aromatic carbocycles. The number of carbonyl (C=O) groups excluding carboxylic acids is 1. The molecular formula is C23H24N4O. The van der Waals surface area contributed by atoms with Crippen LogP contribution in [0.5, 0.6) is 0 Å². The second-order valence-corrected chi connectivity index (χ2v) is 6.77. The number of hydrogen-bond donors (Lipinski definition) is 2. The lowest BCUT2D eigenvalue weighted by Gasteiger charge is -2.13. The molecule has 0 unspecified atom stereocenters. The summed E-state index contributed by atoms with van der Waals surface area (Å²) in [5.74, 6) is 0.198. The van der Waals surface area contributed by atoms with E-state index in [1.807, 2.05) is 55.5 Å². The van der Waals surface area contributed by atoms with E-state index in [2.05, 4.69) is 34.5 Å². The van der Waals surface area contributed by atoms with E-state index in [0.29, 0.717) is 18.1 Å². The van der Waals surface area contributed by atoms with Gasteiger partial charge < -0.3 is 5.32 Å². The molecule has 0 spiro atoms. The van der Waals surface area contributed by atoms with Gasteiger partial charge in [-0.3, -0.25) is 15.1 Å². The Bertz CT molecular complexity index is 996. The second-order valence-electron chi connectivity index (χ2n) is 6.77. The Balaban J connectivity index is 1.82. The molecule has 0 saturated heterocycles. The van der Waals surface area contributed by atoms with Gasteiger partial charge in [0.2, 0.25) is 5.96 Å². The molecule has 2 N–H and O–H groups in total. The fraction of sp³-hybridized carbons (Fsp3) is 0.174. The van der Waals surface area contributed by atoms with Crippen LogP contribution in [0.25, 0.3) is 0 Å². The van der Waals surface area contributed by atoms with Gasteiger partial charge in [0.05, 0.1) is 6.54 Å². The summed E-state index contributed by atoms with van der Waals surface area (Å²) in [5.41, 5.74) is 5.84. The van der Waals surface area contributed by atoms with E-state index < -0.39 is 0 Å². The summed E-state index contributed by atoms with van der Waals surface area (Å²) in [7, 11) is 0. The van der Waals surface area contributed by atoms with Crippen LogP contribution < -0.4 is 10.6 Å². The van der Waals surface area contributed by atoms with Crippen molar-refractivity contribution in [1.82, 2.24) is 10.3 Å². The summed E-state index contributed by atoms with van der Waals surface area (Å²) in [4.78, 5) is 21.4. The number of benzene rings is 2. The molecule has 0 aliphatic heterocycles. The van der Waals surface area contributed by atoms with E-state index in [4.69, 9.17) is 0 Å². The number of nitrogens with one attached hydrogen (secondary N) is 2. The van der Waals surface area contributed by atoms with Crippen molar-refractivity contribution >= 4 is 17.6 Å². The minimum absolute atomic E-state index is 0.204. The fourth-order valence-electron chi connectivity index (χ4n) is 2.69. The molecule has 5 nitrogen and oxygen atoms in total. The molecule has 3 rings (SSSR count). The van der Waals surface area contributed by atoms with Crippen LogP contribution in [-0.4, -0.2) is 16.9 Å². The lowest BCUT2D eigenvalue weighted by atomic mass is 10.1. The Morgan fingerprint density at radius 2 is 1.86 bits per heavy atom. The SMILES string of the molecule is Cc1cccc(C(=O)NC(=NCc2cccnc2)Nc2ccc(C)c(C)c2)c1. The average molecular weight is 372 g/mol. The molecule has 1 aromatic heterocycles. The zero-order chi connectivity index (χ0) is 19.9. The number of rotatable bonds is 4. The molecule has 1 amide bonds. The molecule has 0 bridgehead atoms. The number of aromatic nitrogens is 1. The minimum atomic E-state index is -0.204. The monoisotopic (exact) mass is 372 g/mol. The van der Waals surface area contributed by atoms with E-state index >= 15 is 0 Å². The van der Waals surface area contributed by atoms with Crippen molar-refractivity contribution in [3.63, 3.8) is 0 Å². The third-order valence-corrected chi connectivity index (χ3v) is 4.42. The van der Waals surface area contributed by atoms with Gasteiger partial charge in [-0.2, -0.15) is 0 Å². The van der Waals surface area contributed by atoms with Gasteiger partial charge in [0, 0.05) is 23.6 Å².